The molecule has 1 unspecified atom stereocenters. The van der Waals surface area contributed by atoms with Crippen molar-refractivity contribution in [2.45, 2.75) is 38.1 Å². The van der Waals surface area contributed by atoms with E-state index in [0.29, 0.717) is 13.2 Å². The van der Waals surface area contributed by atoms with E-state index < -0.39 is 12.0 Å². The first-order valence-corrected chi connectivity index (χ1v) is 8.72. The van der Waals surface area contributed by atoms with E-state index in [1.165, 1.54) is 17.5 Å². The number of hydrogen-bond donors (Lipinski definition) is 1. The fraction of sp³-hybridized carbons (Fsp3) is 0.474. The zero-order chi connectivity index (χ0) is 17.4. The van der Waals surface area contributed by atoms with E-state index in [9.17, 15) is 9.59 Å². The number of carbonyl (C=O) groups is 2. The number of nitrogens with zero attached hydrogens (tertiary/aromatic N) is 1. The first kappa shape index (κ1) is 16.1. The van der Waals surface area contributed by atoms with Gasteiger partial charge in [-0.2, -0.15) is 0 Å². The molecule has 25 heavy (non-hydrogen) atoms. The molecule has 2 heterocycles. The topological polar surface area (TPSA) is 80.0 Å². The van der Waals surface area contributed by atoms with Crippen molar-refractivity contribution in [2.75, 3.05) is 19.8 Å². The Kier molecular flexibility index (Phi) is 4.21. The van der Waals surface area contributed by atoms with Gasteiger partial charge in [-0.25, -0.2) is 0 Å². The lowest BCUT2D eigenvalue weighted by atomic mass is 10.0. The molecule has 6 nitrogen and oxygen atoms in total. The molecule has 2 aliphatic rings. The zero-order valence-electron chi connectivity index (χ0n) is 14.0. The van der Waals surface area contributed by atoms with E-state index in [0.717, 1.165) is 29.4 Å². The van der Waals surface area contributed by atoms with Crippen molar-refractivity contribution >= 4 is 22.8 Å². The molecule has 4 rings (SSSR count). The first-order valence-electron chi connectivity index (χ1n) is 8.72. The number of aliphatic carboxylic acids is 1. The number of aryl methyl sites for hydroxylation is 2. The number of rotatable bonds is 4. The number of ether oxygens (including phenoxy) is 1. The van der Waals surface area contributed by atoms with Crippen LogP contribution in [0, 0.1) is 0 Å². The number of fused-ring (bicyclic) bond motifs is 2. The van der Waals surface area contributed by atoms with Crippen LogP contribution in [0.4, 0.5) is 0 Å². The van der Waals surface area contributed by atoms with Crippen molar-refractivity contribution in [1.82, 2.24) is 4.90 Å². The summed E-state index contributed by atoms with van der Waals surface area (Å²) in [6.45, 7) is 1.15. The van der Waals surface area contributed by atoms with Crippen molar-refractivity contribution < 1.29 is 23.8 Å². The summed E-state index contributed by atoms with van der Waals surface area (Å²) in [6, 6.07) is 3.84. The maximum absolute atomic E-state index is 12.8. The lowest BCUT2D eigenvalue weighted by Crippen LogP contribution is -2.50. The maximum atomic E-state index is 12.8. The number of carbonyl (C=O) groups excluding carboxylic acids is 1. The molecule has 0 spiro atoms. The summed E-state index contributed by atoms with van der Waals surface area (Å²) >= 11 is 0. The quantitative estimate of drug-likeness (QED) is 0.920. The van der Waals surface area contributed by atoms with Gasteiger partial charge in [0.25, 0.3) is 0 Å². The molecule has 1 aliphatic carbocycles. The Morgan fingerprint density at radius 2 is 2.04 bits per heavy atom. The second-order valence-electron chi connectivity index (χ2n) is 6.82. The van der Waals surface area contributed by atoms with E-state index in [1.54, 1.807) is 11.2 Å². The van der Waals surface area contributed by atoms with Crippen molar-refractivity contribution in [1.29, 1.82) is 0 Å². The smallest absolute Gasteiger partial charge is 0.305 e. The standard InChI is InChI=1S/C19H21NO5/c21-18(20-4-5-24-11-15(20)9-19(22)23)8-14-10-25-17-7-13-3-1-2-12(13)6-16(14)17/h6-7,10,15H,1-5,8-9,11H2,(H,22,23). The Hall–Kier alpha value is -2.34. The van der Waals surface area contributed by atoms with E-state index >= 15 is 0 Å². The fourth-order valence-electron chi connectivity index (χ4n) is 3.90. The van der Waals surface area contributed by atoms with Crippen molar-refractivity contribution in [3.05, 3.63) is 35.1 Å². The Balaban J connectivity index is 1.55. The maximum Gasteiger partial charge on any atom is 0.305 e. The molecule has 1 aromatic heterocycles. The Labute approximate surface area is 145 Å². The van der Waals surface area contributed by atoms with Gasteiger partial charge < -0.3 is 19.2 Å². The highest BCUT2D eigenvalue weighted by Crippen LogP contribution is 2.31. The molecule has 2 aromatic rings. The predicted molar refractivity (Wildman–Crippen MR) is 90.5 cm³/mol. The second kappa shape index (κ2) is 6.52. The fourth-order valence-corrected chi connectivity index (χ4v) is 3.90. The molecular weight excluding hydrogens is 322 g/mol. The predicted octanol–water partition coefficient (Wildman–Crippen LogP) is 2.17. The molecule has 0 bridgehead atoms. The molecule has 1 aliphatic heterocycles. The summed E-state index contributed by atoms with van der Waals surface area (Å²) in [4.78, 5) is 25.4. The van der Waals surface area contributed by atoms with E-state index in [1.807, 2.05) is 0 Å². The average Bonchev–Trinajstić information content (AvgIpc) is 3.19. The summed E-state index contributed by atoms with van der Waals surface area (Å²) < 4.78 is 11.0. The van der Waals surface area contributed by atoms with Crippen LogP contribution in [-0.2, 0) is 33.6 Å². The van der Waals surface area contributed by atoms with Gasteiger partial charge >= 0.3 is 5.97 Å². The van der Waals surface area contributed by atoms with Gasteiger partial charge in [0, 0.05) is 17.5 Å². The molecule has 1 aromatic carbocycles. The van der Waals surface area contributed by atoms with Gasteiger partial charge in [0.05, 0.1) is 38.4 Å². The highest BCUT2D eigenvalue weighted by molar-refractivity contribution is 5.89. The number of morpholine rings is 1. The van der Waals surface area contributed by atoms with Crippen LogP contribution < -0.4 is 0 Å². The number of benzene rings is 1. The van der Waals surface area contributed by atoms with Gasteiger partial charge in [0.15, 0.2) is 0 Å². The van der Waals surface area contributed by atoms with E-state index in [-0.39, 0.29) is 25.4 Å². The van der Waals surface area contributed by atoms with Crippen LogP contribution in [0.1, 0.15) is 29.5 Å². The van der Waals surface area contributed by atoms with Gasteiger partial charge in [0.1, 0.15) is 5.58 Å². The number of amides is 1. The SMILES string of the molecule is O=C(O)CC1COCCN1C(=O)Cc1coc2cc3c(cc12)CCC3. The van der Waals surface area contributed by atoms with Crippen LogP contribution in [0.3, 0.4) is 0 Å². The highest BCUT2D eigenvalue weighted by Gasteiger charge is 2.29. The molecular formula is C19H21NO5. The molecule has 1 N–H and O–H groups in total. The van der Waals surface area contributed by atoms with Gasteiger partial charge in [-0.3, -0.25) is 9.59 Å². The van der Waals surface area contributed by atoms with Crippen LogP contribution in [0.25, 0.3) is 11.0 Å². The van der Waals surface area contributed by atoms with E-state index in [2.05, 4.69) is 12.1 Å². The molecule has 0 radical (unpaired) electrons. The largest absolute Gasteiger partial charge is 0.481 e. The van der Waals surface area contributed by atoms with Gasteiger partial charge in [-0.1, -0.05) is 0 Å². The Morgan fingerprint density at radius 3 is 2.84 bits per heavy atom. The molecule has 1 fully saturated rings. The summed E-state index contributed by atoms with van der Waals surface area (Å²) in [5.74, 6) is -0.990. The Morgan fingerprint density at radius 1 is 1.24 bits per heavy atom. The molecule has 6 heteroatoms. The van der Waals surface area contributed by atoms with Gasteiger partial charge in [0.2, 0.25) is 5.91 Å². The van der Waals surface area contributed by atoms with Gasteiger partial charge in [-0.15, -0.1) is 0 Å². The third-order valence-corrected chi connectivity index (χ3v) is 5.17. The third-order valence-electron chi connectivity index (χ3n) is 5.17. The summed E-state index contributed by atoms with van der Waals surface area (Å²) in [5.41, 5.74) is 4.38. The number of carboxylic acid groups (broad SMARTS) is 1. The van der Waals surface area contributed by atoms with Gasteiger partial charge in [-0.05, 0) is 42.5 Å². The van der Waals surface area contributed by atoms with Crippen LogP contribution in [0.5, 0.6) is 0 Å². The monoisotopic (exact) mass is 343 g/mol. The second-order valence-corrected chi connectivity index (χ2v) is 6.82. The van der Waals surface area contributed by atoms with Crippen LogP contribution >= 0.6 is 0 Å². The first-order chi connectivity index (χ1) is 12.1. The summed E-state index contributed by atoms with van der Waals surface area (Å²) in [6.07, 6.45) is 5.12. The third kappa shape index (κ3) is 3.14. The highest BCUT2D eigenvalue weighted by atomic mass is 16.5. The minimum atomic E-state index is -0.919. The van der Waals surface area contributed by atoms with Crippen molar-refractivity contribution in [2.24, 2.45) is 0 Å². The van der Waals surface area contributed by atoms with Crippen molar-refractivity contribution in [3.8, 4) is 0 Å². The lowest BCUT2D eigenvalue weighted by molar-refractivity contribution is -0.145. The lowest BCUT2D eigenvalue weighted by Gasteiger charge is -2.34. The minimum absolute atomic E-state index is 0.0715. The molecule has 1 amide bonds. The Bertz CT molecular complexity index is 825. The number of hydrogen-bond acceptors (Lipinski definition) is 4. The van der Waals surface area contributed by atoms with Crippen LogP contribution in [0.15, 0.2) is 22.8 Å². The van der Waals surface area contributed by atoms with Crippen LogP contribution in [-0.4, -0.2) is 47.7 Å². The van der Waals surface area contributed by atoms with E-state index in [4.69, 9.17) is 14.3 Å². The molecule has 0 saturated carbocycles. The summed E-state index contributed by atoms with van der Waals surface area (Å²) in [7, 11) is 0. The normalized spacial score (nSPS) is 20.0. The zero-order valence-corrected chi connectivity index (χ0v) is 14.0. The average molecular weight is 343 g/mol. The molecule has 1 atom stereocenters. The summed E-state index contributed by atoms with van der Waals surface area (Å²) in [5, 5.41) is 10.0. The minimum Gasteiger partial charge on any atom is -0.481 e. The molecule has 1 saturated heterocycles. The number of furan rings is 1. The molecule has 132 valence electrons. The van der Waals surface area contributed by atoms with Crippen molar-refractivity contribution in [3.63, 3.8) is 0 Å². The number of carboxylic acids is 1. The van der Waals surface area contributed by atoms with Crippen LogP contribution in [0.2, 0.25) is 0 Å².